The van der Waals surface area contributed by atoms with E-state index < -0.39 is 0 Å². The molecule has 0 spiro atoms. The fourth-order valence-electron chi connectivity index (χ4n) is 3.73. The smallest absolute Gasteiger partial charge is 0.257 e. The van der Waals surface area contributed by atoms with Gasteiger partial charge in [-0.15, -0.1) is 0 Å². The molecular weight excluding hydrogens is 364 g/mol. The van der Waals surface area contributed by atoms with E-state index >= 15 is 0 Å². The van der Waals surface area contributed by atoms with Crippen LogP contribution in [0.15, 0.2) is 41.3 Å². The Balaban J connectivity index is 2.02. The topological polar surface area (TPSA) is 60.3 Å². The van der Waals surface area contributed by atoms with E-state index in [1.165, 1.54) is 11.1 Å². The highest BCUT2D eigenvalue weighted by atomic mass is 16.5. The highest BCUT2D eigenvalue weighted by molar-refractivity contribution is 5.97. The third-order valence-electron chi connectivity index (χ3n) is 5.57. The van der Waals surface area contributed by atoms with E-state index in [0.717, 1.165) is 16.6 Å². The van der Waals surface area contributed by atoms with Crippen LogP contribution in [0.25, 0.3) is 10.9 Å². The van der Waals surface area contributed by atoms with Crippen molar-refractivity contribution in [2.24, 2.45) is 0 Å². The van der Waals surface area contributed by atoms with Gasteiger partial charge in [-0.25, -0.2) is 0 Å². The molecule has 0 aliphatic carbocycles. The first-order chi connectivity index (χ1) is 13.8. The van der Waals surface area contributed by atoms with Crippen LogP contribution in [0.1, 0.15) is 52.5 Å². The third kappa shape index (κ3) is 3.90. The quantitative estimate of drug-likeness (QED) is 0.698. The molecular formula is C24H28N2O3. The van der Waals surface area contributed by atoms with Crippen molar-refractivity contribution < 1.29 is 9.53 Å². The zero-order chi connectivity index (χ0) is 21.3. The van der Waals surface area contributed by atoms with Crippen LogP contribution in [-0.2, 0) is 6.54 Å². The largest absolute Gasteiger partial charge is 0.497 e. The molecule has 0 saturated heterocycles. The van der Waals surface area contributed by atoms with Crippen molar-refractivity contribution in [3.8, 4) is 5.75 Å². The second-order valence-corrected chi connectivity index (χ2v) is 7.53. The molecule has 3 rings (SSSR count). The summed E-state index contributed by atoms with van der Waals surface area (Å²) in [5, 5.41) is 3.48. The van der Waals surface area contributed by atoms with Crippen molar-refractivity contribution in [1.82, 2.24) is 9.88 Å². The second kappa shape index (κ2) is 8.11. The molecule has 0 unspecified atom stereocenters. The van der Waals surface area contributed by atoms with Crippen molar-refractivity contribution in [2.45, 2.75) is 47.2 Å². The standard InChI is InChI=1S/C24H28N2O3/c1-7-26-13-21(23(27)20-12-18(29-6)8-9-22(20)26)24(28)25-17(5)19-11-15(3)14(2)10-16(19)4/h8-13,17H,7H2,1-6H3,(H,25,28)/t17-/m0/s1. The van der Waals surface area contributed by atoms with E-state index in [1.807, 2.05) is 37.5 Å². The number of methoxy groups -OCH3 is 1. The first-order valence-corrected chi connectivity index (χ1v) is 9.86. The molecule has 0 aliphatic rings. The molecule has 1 heterocycles. The second-order valence-electron chi connectivity index (χ2n) is 7.53. The number of carbonyl (C=O) groups is 1. The van der Waals surface area contributed by atoms with Gasteiger partial charge in [-0.2, -0.15) is 0 Å². The monoisotopic (exact) mass is 392 g/mol. The van der Waals surface area contributed by atoms with Crippen LogP contribution in [0, 0.1) is 20.8 Å². The van der Waals surface area contributed by atoms with E-state index in [4.69, 9.17) is 4.74 Å². The van der Waals surface area contributed by atoms with Gasteiger partial charge in [0.05, 0.1) is 24.1 Å². The maximum atomic E-state index is 13.1. The minimum absolute atomic E-state index is 0.140. The molecule has 0 bridgehead atoms. The summed E-state index contributed by atoms with van der Waals surface area (Å²) in [6, 6.07) is 9.37. The molecule has 0 radical (unpaired) electrons. The summed E-state index contributed by atoms with van der Waals surface area (Å²) in [5.74, 6) is 0.223. The first kappa shape index (κ1) is 20.6. The molecule has 1 aromatic heterocycles. The number of rotatable bonds is 5. The number of carbonyl (C=O) groups excluding carboxylic acids is 1. The Morgan fingerprint density at radius 1 is 1.10 bits per heavy atom. The summed E-state index contributed by atoms with van der Waals surface area (Å²) >= 11 is 0. The van der Waals surface area contributed by atoms with Crippen LogP contribution in [0.3, 0.4) is 0 Å². The van der Waals surface area contributed by atoms with Gasteiger partial charge in [-0.1, -0.05) is 12.1 Å². The van der Waals surface area contributed by atoms with Crippen molar-refractivity contribution in [2.75, 3.05) is 7.11 Å². The lowest BCUT2D eigenvalue weighted by atomic mass is 9.96. The van der Waals surface area contributed by atoms with Crippen LogP contribution in [0.5, 0.6) is 5.75 Å². The number of fused-ring (bicyclic) bond motifs is 1. The Bertz CT molecular complexity index is 1150. The van der Waals surface area contributed by atoms with Crippen molar-refractivity contribution >= 4 is 16.8 Å². The van der Waals surface area contributed by atoms with Gasteiger partial charge in [-0.3, -0.25) is 9.59 Å². The molecule has 0 fully saturated rings. The van der Waals surface area contributed by atoms with Gasteiger partial charge in [0.25, 0.3) is 5.91 Å². The zero-order valence-electron chi connectivity index (χ0n) is 17.9. The van der Waals surface area contributed by atoms with Crippen LogP contribution in [0.2, 0.25) is 0 Å². The molecule has 0 saturated carbocycles. The number of aromatic nitrogens is 1. The Morgan fingerprint density at radius 3 is 2.45 bits per heavy atom. The Labute approximate surface area is 171 Å². The van der Waals surface area contributed by atoms with Gasteiger partial charge < -0.3 is 14.6 Å². The van der Waals surface area contributed by atoms with Gasteiger partial charge >= 0.3 is 0 Å². The van der Waals surface area contributed by atoms with Gasteiger partial charge in [0.15, 0.2) is 0 Å². The van der Waals surface area contributed by atoms with E-state index in [9.17, 15) is 9.59 Å². The van der Waals surface area contributed by atoms with E-state index in [0.29, 0.717) is 17.7 Å². The summed E-state index contributed by atoms with van der Waals surface area (Å²) in [6.45, 7) is 10.7. The molecule has 1 atom stereocenters. The molecule has 5 nitrogen and oxygen atoms in total. The lowest BCUT2D eigenvalue weighted by Crippen LogP contribution is -2.32. The minimum atomic E-state index is -0.368. The lowest BCUT2D eigenvalue weighted by Gasteiger charge is -2.19. The molecule has 3 aromatic rings. The summed E-state index contributed by atoms with van der Waals surface area (Å²) in [6.07, 6.45) is 1.65. The van der Waals surface area contributed by atoms with Crippen molar-refractivity contribution in [3.63, 3.8) is 0 Å². The molecule has 1 N–H and O–H groups in total. The number of hydrogen-bond acceptors (Lipinski definition) is 3. The molecule has 5 heteroatoms. The van der Waals surface area contributed by atoms with E-state index in [2.05, 4.69) is 31.3 Å². The molecule has 2 aromatic carbocycles. The van der Waals surface area contributed by atoms with Gasteiger partial charge in [-0.05, 0) is 75.1 Å². The predicted octanol–water partition coefficient (Wildman–Crippen LogP) is 4.45. The number of nitrogens with one attached hydrogen (secondary N) is 1. The third-order valence-corrected chi connectivity index (χ3v) is 5.57. The Kier molecular flexibility index (Phi) is 5.78. The molecule has 1 amide bonds. The highest BCUT2D eigenvalue weighted by Gasteiger charge is 2.19. The van der Waals surface area contributed by atoms with Crippen LogP contribution in [0.4, 0.5) is 0 Å². The molecule has 29 heavy (non-hydrogen) atoms. The maximum absolute atomic E-state index is 13.1. The first-order valence-electron chi connectivity index (χ1n) is 9.86. The van der Waals surface area contributed by atoms with Crippen LogP contribution >= 0.6 is 0 Å². The fourth-order valence-corrected chi connectivity index (χ4v) is 3.73. The number of ether oxygens (including phenoxy) is 1. The van der Waals surface area contributed by atoms with Gasteiger partial charge in [0.1, 0.15) is 11.3 Å². The SMILES string of the molecule is CCn1cc(C(=O)N[C@@H](C)c2cc(C)c(C)cc2C)c(=O)c2cc(OC)ccc21. The zero-order valence-corrected chi connectivity index (χ0v) is 17.9. The number of benzene rings is 2. The average molecular weight is 392 g/mol. The normalized spacial score (nSPS) is 12.1. The van der Waals surface area contributed by atoms with Crippen molar-refractivity contribution in [1.29, 1.82) is 0 Å². The lowest BCUT2D eigenvalue weighted by molar-refractivity contribution is 0.0938. The minimum Gasteiger partial charge on any atom is -0.497 e. The number of aryl methyl sites for hydroxylation is 4. The van der Waals surface area contributed by atoms with E-state index in [-0.39, 0.29) is 22.9 Å². The van der Waals surface area contributed by atoms with E-state index in [1.54, 1.807) is 19.4 Å². The summed E-state index contributed by atoms with van der Waals surface area (Å²) < 4.78 is 7.17. The van der Waals surface area contributed by atoms with Gasteiger partial charge in [0, 0.05) is 12.7 Å². The van der Waals surface area contributed by atoms with Crippen LogP contribution in [-0.4, -0.2) is 17.6 Å². The van der Waals surface area contributed by atoms with Crippen LogP contribution < -0.4 is 15.5 Å². The molecule has 152 valence electrons. The Morgan fingerprint density at radius 2 is 1.79 bits per heavy atom. The Hall–Kier alpha value is -3.08. The van der Waals surface area contributed by atoms with Crippen molar-refractivity contribution in [3.05, 3.63) is 74.6 Å². The predicted molar refractivity (Wildman–Crippen MR) is 117 cm³/mol. The highest BCUT2D eigenvalue weighted by Crippen LogP contribution is 2.23. The maximum Gasteiger partial charge on any atom is 0.257 e. The summed E-state index contributed by atoms with van der Waals surface area (Å²) in [5.41, 5.74) is 5.21. The number of pyridine rings is 1. The number of hydrogen-bond donors (Lipinski definition) is 1. The van der Waals surface area contributed by atoms with Gasteiger partial charge in [0.2, 0.25) is 5.43 Å². The molecule has 0 aliphatic heterocycles. The number of amides is 1. The number of nitrogens with zero attached hydrogens (tertiary/aromatic N) is 1. The summed E-state index contributed by atoms with van der Waals surface area (Å²) in [4.78, 5) is 26.1. The fraction of sp³-hybridized carbons (Fsp3) is 0.333. The average Bonchev–Trinajstić information content (AvgIpc) is 2.70. The summed E-state index contributed by atoms with van der Waals surface area (Å²) in [7, 11) is 1.56.